The Bertz CT molecular complexity index is 904. The summed E-state index contributed by atoms with van der Waals surface area (Å²) in [7, 11) is 0. The molecule has 0 amide bonds. The summed E-state index contributed by atoms with van der Waals surface area (Å²) in [5.74, 6) is 1.15. The molecule has 6 nitrogen and oxygen atoms in total. The fraction of sp³-hybridized carbons (Fsp3) is 0.167. The lowest BCUT2D eigenvalue weighted by molar-refractivity contribution is -0.137. The van der Waals surface area contributed by atoms with Crippen LogP contribution >= 0.6 is 0 Å². The zero-order valence-corrected chi connectivity index (χ0v) is 13.8. The molecule has 0 aliphatic heterocycles. The van der Waals surface area contributed by atoms with Crippen LogP contribution < -0.4 is 4.74 Å². The molecule has 0 spiro atoms. The summed E-state index contributed by atoms with van der Waals surface area (Å²) >= 11 is 0. The third-order valence-electron chi connectivity index (χ3n) is 3.61. The topological polar surface area (TPSA) is 80.7 Å². The third kappa shape index (κ3) is 4.84. The van der Waals surface area contributed by atoms with Crippen LogP contribution in [0.25, 0.3) is 11.5 Å². The molecule has 0 saturated carbocycles. The highest BCUT2D eigenvalue weighted by molar-refractivity contribution is 5.79. The first-order valence-corrected chi connectivity index (χ1v) is 7.86. The van der Waals surface area contributed by atoms with E-state index < -0.39 is 11.7 Å². The van der Waals surface area contributed by atoms with Gasteiger partial charge in [0.05, 0.1) is 18.4 Å². The number of hydrogen-bond donors (Lipinski definition) is 1. The van der Waals surface area contributed by atoms with Crippen LogP contribution in [0.2, 0.25) is 0 Å². The first-order chi connectivity index (χ1) is 13.0. The number of benzene rings is 2. The van der Waals surface area contributed by atoms with Gasteiger partial charge in [-0.05, 0) is 54.1 Å². The Balaban J connectivity index is 1.56. The quantitative estimate of drug-likeness (QED) is 0.396. The van der Waals surface area contributed by atoms with E-state index in [1.807, 2.05) is 0 Å². The Kier molecular flexibility index (Phi) is 5.39. The predicted molar refractivity (Wildman–Crippen MR) is 89.8 cm³/mol. The molecule has 0 bridgehead atoms. The van der Waals surface area contributed by atoms with Crippen molar-refractivity contribution >= 4 is 6.21 Å². The zero-order chi connectivity index (χ0) is 19.3. The summed E-state index contributed by atoms with van der Waals surface area (Å²) in [6, 6.07) is 11.4. The zero-order valence-electron chi connectivity index (χ0n) is 13.8. The molecule has 1 N–H and O–H groups in total. The molecule has 0 aliphatic rings. The molecule has 140 valence electrons. The van der Waals surface area contributed by atoms with E-state index in [9.17, 15) is 13.2 Å². The number of ether oxygens (including phenoxy) is 1. The smallest absolute Gasteiger partial charge is 0.416 e. The van der Waals surface area contributed by atoms with Gasteiger partial charge in [0.2, 0.25) is 0 Å². The van der Waals surface area contributed by atoms with Gasteiger partial charge >= 0.3 is 6.18 Å². The van der Waals surface area contributed by atoms with E-state index >= 15 is 0 Å². The van der Waals surface area contributed by atoms with E-state index in [2.05, 4.69) is 15.3 Å². The van der Waals surface area contributed by atoms with Crippen molar-refractivity contribution in [3.05, 3.63) is 65.5 Å². The van der Waals surface area contributed by atoms with Gasteiger partial charge in [-0.3, -0.25) is 0 Å². The SMILES string of the molecule is O/N=C/c1ccc(OCCc2noc(-c3ccc(C(F)(F)F)cc3)n2)cc1. The fourth-order valence-corrected chi connectivity index (χ4v) is 2.25. The van der Waals surface area contributed by atoms with Gasteiger partial charge in [-0.15, -0.1) is 0 Å². The molecule has 0 fully saturated rings. The van der Waals surface area contributed by atoms with E-state index in [0.717, 1.165) is 17.7 Å². The minimum absolute atomic E-state index is 0.145. The molecule has 1 aromatic heterocycles. The third-order valence-corrected chi connectivity index (χ3v) is 3.61. The van der Waals surface area contributed by atoms with Crippen molar-refractivity contribution in [3.63, 3.8) is 0 Å². The lowest BCUT2D eigenvalue weighted by Gasteiger charge is -2.05. The van der Waals surface area contributed by atoms with E-state index in [0.29, 0.717) is 30.2 Å². The van der Waals surface area contributed by atoms with Crippen molar-refractivity contribution in [2.75, 3.05) is 6.61 Å². The standard InChI is InChI=1S/C18H14F3N3O3/c19-18(20,21)14-5-3-13(4-6-14)17-23-16(24-27-17)9-10-26-15-7-1-12(2-8-15)11-22-25/h1-8,11,25H,9-10H2/b22-11+. The van der Waals surface area contributed by atoms with Crippen molar-refractivity contribution < 1.29 is 27.6 Å². The van der Waals surface area contributed by atoms with Crippen LogP contribution in [0.3, 0.4) is 0 Å². The summed E-state index contributed by atoms with van der Waals surface area (Å²) in [6.45, 7) is 0.291. The van der Waals surface area contributed by atoms with Gasteiger partial charge in [0.15, 0.2) is 5.82 Å². The van der Waals surface area contributed by atoms with Crippen LogP contribution in [-0.4, -0.2) is 28.2 Å². The molecule has 0 saturated heterocycles. The minimum Gasteiger partial charge on any atom is -0.493 e. The Morgan fingerprint density at radius 3 is 2.41 bits per heavy atom. The van der Waals surface area contributed by atoms with Crippen LogP contribution in [0, 0.1) is 0 Å². The molecule has 27 heavy (non-hydrogen) atoms. The number of alkyl halides is 3. The predicted octanol–water partition coefficient (Wildman–Crippen LogP) is 4.19. The van der Waals surface area contributed by atoms with E-state index in [1.165, 1.54) is 18.3 Å². The molecule has 1 heterocycles. The molecular formula is C18H14F3N3O3. The van der Waals surface area contributed by atoms with Crippen LogP contribution in [0.1, 0.15) is 17.0 Å². The average Bonchev–Trinajstić information content (AvgIpc) is 3.12. The van der Waals surface area contributed by atoms with Gasteiger partial charge in [0.25, 0.3) is 5.89 Å². The molecule has 9 heteroatoms. The summed E-state index contributed by atoms with van der Waals surface area (Å²) in [5.41, 5.74) is 0.392. The largest absolute Gasteiger partial charge is 0.493 e. The minimum atomic E-state index is -4.39. The number of nitrogens with zero attached hydrogens (tertiary/aromatic N) is 3. The number of rotatable bonds is 6. The van der Waals surface area contributed by atoms with Crippen LogP contribution in [0.4, 0.5) is 13.2 Å². The second kappa shape index (κ2) is 7.90. The van der Waals surface area contributed by atoms with Gasteiger partial charge in [0, 0.05) is 12.0 Å². The maximum atomic E-state index is 12.6. The Morgan fingerprint density at radius 1 is 1.07 bits per heavy atom. The van der Waals surface area contributed by atoms with Crippen molar-refractivity contribution in [3.8, 4) is 17.2 Å². The normalized spacial score (nSPS) is 11.8. The Hall–Kier alpha value is -3.36. The summed E-state index contributed by atoms with van der Waals surface area (Å²) in [4.78, 5) is 4.16. The summed E-state index contributed by atoms with van der Waals surface area (Å²) < 4.78 is 48.4. The van der Waals surface area contributed by atoms with Crippen LogP contribution in [0.5, 0.6) is 5.75 Å². The van der Waals surface area contributed by atoms with Crippen molar-refractivity contribution in [2.45, 2.75) is 12.6 Å². The monoisotopic (exact) mass is 377 g/mol. The average molecular weight is 377 g/mol. The maximum Gasteiger partial charge on any atom is 0.416 e. The second-order valence-electron chi connectivity index (χ2n) is 5.50. The maximum absolute atomic E-state index is 12.6. The summed E-state index contributed by atoms with van der Waals surface area (Å²) in [6.07, 6.45) is -2.73. The lowest BCUT2D eigenvalue weighted by Crippen LogP contribution is -2.04. The van der Waals surface area contributed by atoms with Gasteiger partial charge in [-0.2, -0.15) is 18.2 Å². The molecule has 2 aromatic carbocycles. The fourth-order valence-electron chi connectivity index (χ4n) is 2.25. The first kappa shape index (κ1) is 18.4. The molecule has 3 aromatic rings. The van der Waals surface area contributed by atoms with Gasteiger partial charge in [-0.25, -0.2) is 0 Å². The van der Waals surface area contributed by atoms with Crippen LogP contribution in [-0.2, 0) is 12.6 Å². The van der Waals surface area contributed by atoms with Gasteiger partial charge in [-0.1, -0.05) is 10.3 Å². The highest BCUT2D eigenvalue weighted by Crippen LogP contribution is 2.30. The van der Waals surface area contributed by atoms with E-state index in [4.69, 9.17) is 14.5 Å². The number of halogens is 3. The van der Waals surface area contributed by atoms with Crippen molar-refractivity contribution in [1.29, 1.82) is 0 Å². The highest BCUT2D eigenvalue weighted by atomic mass is 19.4. The lowest BCUT2D eigenvalue weighted by atomic mass is 10.1. The van der Waals surface area contributed by atoms with Crippen LogP contribution in [0.15, 0.2) is 58.2 Å². The van der Waals surface area contributed by atoms with E-state index in [1.54, 1.807) is 24.3 Å². The van der Waals surface area contributed by atoms with E-state index in [-0.39, 0.29) is 5.89 Å². The Morgan fingerprint density at radius 2 is 1.78 bits per heavy atom. The van der Waals surface area contributed by atoms with Crippen molar-refractivity contribution in [1.82, 2.24) is 10.1 Å². The molecule has 3 rings (SSSR count). The number of hydrogen-bond acceptors (Lipinski definition) is 6. The number of aromatic nitrogens is 2. The first-order valence-electron chi connectivity index (χ1n) is 7.86. The van der Waals surface area contributed by atoms with Gasteiger partial charge < -0.3 is 14.5 Å². The molecule has 0 atom stereocenters. The number of oxime groups is 1. The molecular weight excluding hydrogens is 363 g/mol. The van der Waals surface area contributed by atoms with Crippen molar-refractivity contribution in [2.24, 2.45) is 5.16 Å². The highest BCUT2D eigenvalue weighted by Gasteiger charge is 2.30. The van der Waals surface area contributed by atoms with Gasteiger partial charge in [0.1, 0.15) is 5.75 Å². The second-order valence-corrected chi connectivity index (χ2v) is 5.50. The molecule has 0 aliphatic carbocycles. The molecule has 0 unspecified atom stereocenters. The molecule has 0 radical (unpaired) electrons. The summed E-state index contributed by atoms with van der Waals surface area (Å²) in [5, 5.41) is 15.2. The Labute approximate surface area is 151 Å².